The fraction of sp³-hybridized carbons (Fsp3) is 0.0526. The van der Waals surface area contributed by atoms with Crippen LogP contribution in [-0.2, 0) is 3.48 Å². The molecule has 0 bridgehead atoms. The zero-order chi connectivity index (χ0) is 29.9. The normalized spacial score (nSPS) is 10.8. The number of benzene rings is 5. The van der Waals surface area contributed by atoms with Crippen LogP contribution in [-0.4, -0.2) is 34.9 Å². The Kier molecular flexibility index (Phi) is 10.3. The van der Waals surface area contributed by atoms with Crippen LogP contribution in [0, 0.1) is 13.8 Å². The number of nitrogens with zero attached hydrogens (tertiary/aromatic N) is 2. The van der Waals surface area contributed by atoms with Crippen molar-refractivity contribution in [3.8, 4) is 0 Å². The van der Waals surface area contributed by atoms with E-state index in [9.17, 15) is 0 Å². The second-order valence-electron chi connectivity index (χ2n) is 10.2. The average molecular weight is 589 g/mol. The molecule has 3 nitrogen and oxygen atoms in total. The van der Waals surface area contributed by atoms with E-state index in [1.54, 1.807) is 0 Å². The Labute approximate surface area is 263 Å². The van der Waals surface area contributed by atoms with Crippen molar-refractivity contribution in [3.63, 3.8) is 0 Å². The average Bonchev–Trinajstić information content (AvgIpc) is 3.07. The Balaban J connectivity index is 0.000000141. The van der Waals surface area contributed by atoms with Gasteiger partial charge in [-0.05, 0) is 38.1 Å². The van der Waals surface area contributed by atoms with Crippen LogP contribution in [0.2, 0.25) is 0 Å². The van der Waals surface area contributed by atoms with E-state index in [1.807, 2.05) is 80.6 Å². The predicted molar refractivity (Wildman–Crippen MR) is 184 cm³/mol. The van der Waals surface area contributed by atoms with Crippen LogP contribution in [0.3, 0.4) is 0 Å². The molecule has 0 aliphatic carbocycles. The van der Waals surface area contributed by atoms with E-state index in [2.05, 4.69) is 124 Å². The van der Waals surface area contributed by atoms with Gasteiger partial charge in [0.15, 0.2) is 0 Å². The Morgan fingerprint density at radius 2 is 0.744 bits per heavy atom. The van der Waals surface area contributed by atoms with Crippen molar-refractivity contribution < 1.29 is 3.48 Å². The molecule has 0 radical (unpaired) electrons. The summed E-state index contributed by atoms with van der Waals surface area (Å²) in [6.07, 6.45) is 0. The first-order valence-electron chi connectivity index (χ1n) is 14.3. The molecule has 0 unspecified atom stereocenters. The SMILES string of the molecule is Cc1ccc2ccccc2n1.Cc1ccc2ccccc2n1.[Al+2][O][Si](c1ccccc1)(c1ccccc1)c1ccccc1. The minimum atomic E-state index is -2.43. The first-order valence-corrected chi connectivity index (χ1v) is 16.7. The number of aromatic nitrogens is 2. The van der Waals surface area contributed by atoms with Crippen LogP contribution in [0.1, 0.15) is 11.4 Å². The summed E-state index contributed by atoms with van der Waals surface area (Å²) in [7, 11) is -2.43. The van der Waals surface area contributed by atoms with E-state index in [4.69, 9.17) is 3.48 Å². The molecule has 5 heteroatoms. The van der Waals surface area contributed by atoms with Gasteiger partial charge < -0.3 is 0 Å². The molecule has 7 aromatic rings. The molecule has 0 aliphatic heterocycles. The summed E-state index contributed by atoms with van der Waals surface area (Å²) in [6.45, 7) is 4.01. The molecule has 0 atom stereocenters. The van der Waals surface area contributed by atoms with E-state index >= 15 is 0 Å². The molecular weight excluding hydrogens is 555 g/mol. The van der Waals surface area contributed by atoms with Crippen LogP contribution in [0.5, 0.6) is 0 Å². The van der Waals surface area contributed by atoms with E-state index < -0.39 is 8.32 Å². The number of pyridine rings is 2. The van der Waals surface area contributed by atoms with Gasteiger partial charge in [0.2, 0.25) is 0 Å². The maximum absolute atomic E-state index is 6.15. The van der Waals surface area contributed by atoms with Gasteiger partial charge in [-0.3, -0.25) is 9.97 Å². The third-order valence-electron chi connectivity index (χ3n) is 7.19. The van der Waals surface area contributed by atoms with E-state index in [0.29, 0.717) is 0 Å². The molecule has 0 aliphatic rings. The van der Waals surface area contributed by atoms with Crippen molar-refractivity contribution in [2.75, 3.05) is 0 Å². The molecule has 0 saturated heterocycles. The minimum absolute atomic E-state index is 1.07. The van der Waals surface area contributed by atoms with Gasteiger partial charge in [0.1, 0.15) is 0 Å². The third-order valence-corrected chi connectivity index (χ3v) is 12.0. The summed E-state index contributed by atoms with van der Waals surface area (Å²) in [4.78, 5) is 8.75. The standard InChI is InChI=1S/C18H15OSi.2C10H9N.Al/c19-20(16-10-4-1-5-11-16,17-12-6-2-7-13-17)18-14-8-3-9-15-18;2*1-8-6-7-9-4-2-3-5-10(9)11-8;/h1-15H;2*2-7H,1H3;/q-1;;;+3. The summed E-state index contributed by atoms with van der Waals surface area (Å²) in [5, 5.41) is 6.16. The quantitative estimate of drug-likeness (QED) is 0.167. The van der Waals surface area contributed by atoms with Crippen LogP contribution in [0.15, 0.2) is 164 Å². The number of hydrogen-bond acceptors (Lipinski definition) is 3. The fourth-order valence-corrected chi connectivity index (χ4v) is 9.68. The molecule has 0 fully saturated rings. The van der Waals surface area contributed by atoms with Gasteiger partial charge in [0.25, 0.3) is 0 Å². The second-order valence-corrected chi connectivity index (χ2v) is 14.2. The van der Waals surface area contributed by atoms with Crippen molar-refractivity contribution >= 4 is 62.3 Å². The molecule has 0 saturated carbocycles. The number of fused-ring (bicyclic) bond motifs is 2. The zero-order valence-electron chi connectivity index (χ0n) is 24.5. The Morgan fingerprint density at radius 3 is 1.09 bits per heavy atom. The van der Waals surface area contributed by atoms with E-state index in [-0.39, 0.29) is 0 Å². The first-order chi connectivity index (χ1) is 21.1. The molecule has 2 heterocycles. The van der Waals surface area contributed by atoms with E-state index in [0.717, 1.165) is 22.4 Å². The molecule has 5 aromatic carbocycles. The monoisotopic (exact) mass is 588 g/mol. The van der Waals surface area contributed by atoms with Gasteiger partial charge in [-0.25, -0.2) is 0 Å². The summed E-state index contributed by atoms with van der Waals surface area (Å²) in [5.41, 5.74) is 4.30. The number of hydrogen-bond donors (Lipinski definition) is 0. The molecular formula is C38H33AlN2OSi+2. The Hall–Kier alpha value is -4.37. The van der Waals surface area contributed by atoms with Gasteiger partial charge >= 0.3 is 135 Å². The summed E-state index contributed by atoms with van der Waals surface area (Å²) < 4.78 is 6.15. The topological polar surface area (TPSA) is 35.0 Å². The summed E-state index contributed by atoms with van der Waals surface area (Å²) in [6, 6.07) is 56.1. The van der Waals surface area contributed by atoms with Gasteiger partial charge in [0.05, 0.1) is 11.0 Å². The van der Waals surface area contributed by atoms with Gasteiger partial charge in [-0.1, -0.05) is 48.5 Å². The van der Waals surface area contributed by atoms with Gasteiger partial charge in [-0.2, -0.15) is 0 Å². The fourth-order valence-electron chi connectivity index (χ4n) is 5.06. The number of para-hydroxylation sites is 2. The van der Waals surface area contributed by atoms with Gasteiger partial charge in [-0.15, -0.1) is 0 Å². The zero-order valence-corrected chi connectivity index (χ0v) is 26.6. The summed E-state index contributed by atoms with van der Waals surface area (Å²) in [5.74, 6) is 0. The molecule has 0 N–H and O–H groups in total. The number of rotatable bonds is 4. The molecule has 2 aromatic heterocycles. The first kappa shape index (κ1) is 30.1. The van der Waals surface area contributed by atoms with Crippen molar-refractivity contribution in [2.45, 2.75) is 13.8 Å². The maximum atomic E-state index is 6.15. The van der Waals surface area contributed by atoms with Gasteiger partial charge in [0, 0.05) is 22.2 Å². The predicted octanol–water partition coefficient (Wildman–Crippen LogP) is 6.84. The van der Waals surface area contributed by atoms with Crippen molar-refractivity contribution in [2.24, 2.45) is 0 Å². The molecule has 0 spiro atoms. The Bertz CT molecular complexity index is 1710. The van der Waals surface area contributed by atoms with Crippen LogP contribution in [0.4, 0.5) is 0 Å². The third kappa shape index (κ3) is 7.35. The molecule has 0 amide bonds. The molecule has 43 heavy (non-hydrogen) atoms. The van der Waals surface area contributed by atoms with Crippen LogP contribution in [0.25, 0.3) is 21.8 Å². The van der Waals surface area contributed by atoms with Crippen LogP contribution >= 0.6 is 0 Å². The molecule has 206 valence electrons. The Morgan fingerprint density at radius 1 is 0.419 bits per heavy atom. The molecule has 7 rings (SSSR count). The number of aryl methyl sites for hydroxylation is 2. The van der Waals surface area contributed by atoms with Crippen LogP contribution < -0.4 is 15.6 Å². The van der Waals surface area contributed by atoms with Crippen molar-refractivity contribution in [3.05, 3.63) is 175 Å². The summed E-state index contributed by atoms with van der Waals surface area (Å²) >= 11 is 2.50. The van der Waals surface area contributed by atoms with Crippen molar-refractivity contribution in [1.82, 2.24) is 9.97 Å². The second kappa shape index (κ2) is 14.7. The van der Waals surface area contributed by atoms with Crippen molar-refractivity contribution in [1.29, 1.82) is 0 Å². The van der Waals surface area contributed by atoms with E-state index in [1.165, 1.54) is 26.3 Å².